The van der Waals surface area contributed by atoms with Crippen molar-refractivity contribution in [2.45, 2.75) is 18.4 Å². The van der Waals surface area contributed by atoms with Gasteiger partial charge in [0.15, 0.2) is 0 Å². The Bertz CT molecular complexity index is 445. The molecule has 0 amide bonds. The first kappa shape index (κ1) is 9.06. The Labute approximate surface area is 86.4 Å². The van der Waals surface area contributed by atoms with Crippen LogP contribution in [0.4, 0.5) is 0 Å². The molecule has 0 unspecified atom stereocenters. The zero-order chi connectivity index (χ0) is 9.42. The van der Waals surface area contributed by atoms with Crippen LogP contribution in [-0.4, -0.2) is 5.11 Å². The van der Waals surface area contributed by atoms with Gasteiger partial charge >= 0.3 is 0 Å². The Kier molecular flexibility index (Phi) is 2.32. The number of fused-ring (bicyclic) bond motifs is 1. The maximum Gasteiger partial charge on any atom is 0.0685 e. The molecule has 0 bridgehead atoms. The van der Waals surface area contributed by atoms with Crippen LogP contribution in [0.3, 0.4) is 0 Å². The highest BCUT2D eigenvalue weighted by Gasteiger charge is 2.06. The molecule has 1 heterocycles. The van der Waals surface area contributed by atoms with E-state index >= 15 is 0 Å². The van der Waals surface area contributed by atoms with Crippen molar-refractivity contribution < 1.29 is 5.11 Å². The first-order chi connectivity index (χ1) is 6.24. The molecule has 0 saturated carbocycles. The summed E-state index contributed by atoms with van der Waals surface area (Å²) in [5, 5.41) is 12.3. The molecule has 3 heteroatoms. The number of thiophene rings is 1. The molecule has 13 heavy (non-hydrogen) atoms. The minimum atomic E-state index is 0.0905. The van der Waals surface area contributed by atoms with Crippen molar-refractivity contribution in [3.05, 3.63) is 28.6 Å². The minimum absolute atomic E-state index is 0.0905. The first-order valence-electron chi connectivity index (χ1n) is 4.03. The Morgan fingerprint density at radius 3 is 3.00 bits per heavy atom. The summed E-state index contributed by atoms with van der Waals surface area (Å²) in [5.41, 5.74) is 2.05. The predicted octanol–water partition coefficient (Wildman–Crippen LogP) is 2.99. The molecule has 68 valence electrons. The molecule has 0 radical (unpaired) electrons. The summed E-state index contributed by atoms with van der Waals surface area (Å²) in [5.74, 6) is 0. The van der Waals surface area contributed by atoms with Crippen molar-refractivity contribution in [2.24, 2.45) is 0 Å². The van der Waals surface area contributed by atoms with E-state index < -0.39 is 0 Å². The second-order valence-corrected chi connectivity index (χ2v) is 4.39. The SMILES string of the molecule is Cc1c(CO)cc2sccc2c1S. The maximum atomic E-state index is 9.11. The number of thiol groups is 1. The molecular formula is C10H10OS2. The summed E-state index contributed by atoms with van der Waals surface area (Å²) in [7, 11) is 0. The Morgan fingerprint density at radius 2 is 2.31 bits per heavy atom. The third kappa shape index (κ3) is 1.37. The molecule has 0 atom stereocenters. The molecule has 0 aliphatic carbocycles. The highest BCUT2D eigenvalue weighted by atomic mass is 32.1. The minimum Gasteiger partial charge on any atom is -0.392 e. The third-order valence-corrected chi connectivity index (χ3v) is 3.70. The fourth-order valence-electron chi connectivity index (χ4n) is 1.41. The quantitative estimate of drug-likeness (QED) is 0.693. The van der Waals surface area contributed by atoms with Crippen LogP contribution in [0.2, 0.25) is 0 Å². The predicted molar refractivity (Wildman–Crippen MR) is 59.7 cm³/mol. The maximum absolute atomic E-state index is 9.11. The number of aliphatic hydroxyl groups excluding tert-OH is 1. The molecular weight excluding hydrogens is 200 g/mol. The highest BCUT2D eigenvalue weighted by Crippen LogP contribution is 2.31. The van der Waals surface area contributed by atoms with Gasteiger partial charge in [0, 0.05) is 15.0 Å². The number of hydrogen-bond donors (Lipinski definition) is 2. The number of aliphatic hydroxyl groups is 1. The summed E-state index contributed by atoms with van der Waals surface area (Å²) in [4.78, 5) is 0.989. The van der Waals surface area contributed by atoms with E-state index in [1.54, 1.807) is 11.3 Å². The van der Waals surface area contributed by atoms with E-state index in [1.165, 1.54) is 10.1 Å². The molecule has 0 saturated heterocycles. The molecule has 1 aromatic heterocycles. The van der Waals surface area contributed by atoms with E-state index in [1.807, 2.05) is 18.4 Å². The van der Waals surface area contributed by atoms with Gasteiger partial charge in [0.25, 0.3) is 0 Å². The van der Waals surface area contributed by atoms with Gasteiger partial charge in [-0.05, 0) is 35.6 Å². The summed E-state index contributed by atoms with van der Waals surface area (Å²) in [6.07, 6.45) is 0. The molecule has 0 aliphatic rings. The fourth-order valence-corrected chi connectivity index (χ4v) is 2.69. The standard InChI is InChI=1S/C10H10OS2/c1-6-7(5-11)4-9-8(10(6)12)2-3-13-9/h2-4,11-12H,5H2,1H3. The van der Waals surface area contributed by atoms with Gasteiger partial charge < -0.3 is 5.11 Å². The van der Waals surface area contributed by atoms with Crippen molar-refractivity contribution >= 4 is 34.1 Å². The number of hydrogen-bond acceptors (Lipinski definition) is 3. The summed E-state index contributed by atoms with van der Waals surface area (Å²) >= 11 is 6.13. The molecule has 0 fully saturated rings. The largest absolute Gasteiger partial charge is 0.392 e. The van der Waals surface area contributed by atoms with Gasteiger partial charge in [0.1, 0.15) is 0 Å². The lowest BCUT2D eigenvalue weighted by atomic mass is 10.1. The van der Waals surface area contributed by atoms with Crippen LogP contribution in [0.25, 0.3) is 10.1 Å². The number of rotatable bonds is 1. The van der Waals surface area contributed by atoms with Crippen LogP contribution in [0, 0.1) is 6.92 Å². The Balaban J connectivity index is 2.83. The first-order valence-corrected chi connectivity index (χ1v) is 5.36. The average Bonchev–Trinajstić information content (AvgIpc) is 2.59. The summed E-state index contributed by atoms with van der Waals surface area (Å²) < 4.78 is 1.19. The smallest absolute Gasteiger partial charge is 0.0685 e. The molecule has 1 nitrogen and oxygen atoms in total. The molecule has 0 aliphatic heterocycles. The van der Waals surface area contributed by atoms with Crippen molar-refractivity contribution in [1.82, 2.24) is 0 Å². The zero-order valence-electron chi connectivity index (χ0n) is 7.24. The van der Waals surface area contributed by atoms with Crippen LogP contribution in [-0.2, 0) is 6.61 Å². The van der Waals surface area contributed by atoms with E-state index in [0.717, 1.165) is 16.0 Å². The van der Waals surface area contributed by atoms with Crippen LogP contribution in [0.15, 0.2) is 22.4 Å². The molecule has 1 N–H and O–H groups in total. The zero-order valence-corrected chi connectivity index (χ0v) is 8.95. The van der Waals surface area contributed by atoms with Gasteiger partial charge in [0.2, 0.25) is 0 Å². The third-order valence-electron chi connectivity index (χ3n) is 2.26. The van der Waals surface area contributed by atoms with Crippen LogP contribution >= 0.6 is 24.0 Å². The Morgan fingerprint density at radius 1 is 1.54 bits per heavy atom. The van der Waals surface area contributed by atoms with E-state index in [2.05, 4.69) is 18.7 Å². The van der Waals surface area contributed by atoms with Crippen molar-refractivity contribution in [3.63, 3.8) is 0 Å². The van der Waals surface area contributed by atoms with Crippen molar-refractivity contribution in [3.8, 4) is 0 Å². The molecule has 1 aromatic carbocycles. The van der Waals surface area contributed by atoms with E-state index in [4.69, 9.17) is 5.11 Å². The van der Waals surface area contributed by atoms with Crippen LogP contribution < -0.4 is 0 Å². The van der Waals surface area contributed by atoms with Gasteiger partial charge in [-0.3, -0.25) is 0 Å². The van der Waals surface area contributed by atoms with Crippen LogP contribution in [0.1, 0.15) is 11.1 Å². The summed E-state index contributed by atoms with van der Waals surface area (Å²) in [6, 6.07) is 4.10. The average molecular weight is 210 g/mol. The molecule has 2 rings (SSSR count). The lowest BCUT2D eigenvalue weighted by molar-refractivity contribution is 0.281. The van der Waals surface area contributed by atoms with E-state index in [-0.39, 0.29) is 6.61 Å². The van der Waals surface area contributed by atoms with Crippen molar-refractivity contribution in [2.75, 3.05) is 0 Å². The van der Waals surface area contributed by atoms with Gasteiger partial charge in [-0.1, -0.05) is 0 Å². The van der Waals surface area contributed by atoms with Gasteiger partial charge in [-0.15, -0.1) is 24.0 Å². The van der Waals surface area contributed by atoms with Gasteiger partial charge in [-0.2, -0.15) is 0 Å². The molecule has 2 aromatic rings. The normalized spacial score (nSPS) is 11.0. The fraction of sp³-hybridized carbons (Fsp3) is 0.200. The van der Waals surface area contributed by atoms with Crippen molar-refractivity contribution in [1.29, 1.82) is 0 Å². The van der Waals surface area contributed by atoms with Crippen LogP contribution in [0.5, 0.6) is 0 Å². The lowest BCUT2D eigenvalue weighted by Crippen LogP contribution is -1.89. The highest BCUT2D eigenvalue weighted by molar-refractivity contribution is 7.80. The monoisotopic (exact) mass is 210 g/mol. The van der Waals surface area contributed by atoms with E-state index in [0.29, 0.717) is 0 Å². The Hall–Kier alpha value is -0.510. The lowest BCUT2D eigenvalue weighted by Gasteiger charge is -2.06. The second-order valence-electron chi connectivity index (χ2n) is 3.00. The van der Waals surface area contributed by atoms with E-state index in [9.17, 15) is 0 Å². The van der Waals surface area contributed by atoms with Gasteiger partial charge in [-0.25, -0.2) is 0 Å². The summed E-state index contributed by atoms with van der Waals surface area (Å²) in [6.45, 7) is 2.08. The topological polar surface area (TPSA) is 20.2 Å². The number of benzene rings is 1. The second kappa shape index (κ2) is 3.33. The van der Waals surface area contributed by atoms with Gasteiger partial charge in [0.05, 0.1) is 6.61 Å². The molecule has 0 spiro atoms.